The molecule has 1 N–H and O–H groups in total. The average Bonchev–Trinajstić information content (AvgIpc) is 3.21. The number of hydrogen-bond donors (Lipinski definition) is 1. The summed E-state index contributed by atoms with van der Waals surface area (Å²) in [5, 5.41) is 9.07. The fourth-order valence-electron chi connectivity index (χ4n) is 2.71. The van der Waals surface area contributed by atoms with Crippen LogP contribution in [0.5, 0.6) is 11.5 Å². The fraction of sp³-hybridized carbons (Fsp3) is 0.211. The van der Waals surface area contributed by atoms with Crippen molar-refractivity contribution in [2.45, 2.75) is 13.1 Å². The van der Waals surface area contributed by atoms with Crippen LogP contribution in [0.3, 0.4) is 0 Å². The van der Waals surface area contributed by atoms with Gasteiger partial charge in [-0.25, -0.2) is 4.68 Å². The molecule has 8 heteroatoms. The summed E-state index contributed by atoms with van der Waals surface area (Å²) in [4.78, 5) is 25.3. The van der Waals surface area contributed by atoms with Crippen molar-refractivity contribution >= 4 is 17.2 Å². The number of carbonyl (C=O) groups excluding carboxylic acids is 1. The molecule has 3 aromatic rings. The van der Waals surface area contributed by atoms with Gasteiger partial charge in [0.25, 0.3) is 5.56 Å². The Morgan fingerprint density at radius 1 is 1.15 bits per heavy atom. The molecule has 0 fully saturated rings. The molecule has 138 valence electrons. The topological polar surface area (TPSA) is 82.5 Å². The number of amides is 1. The average molecular weight is 383 g/mol. The summed E-state index contributed by atoms with van der Waals surface area (Å²) in [5.74, 6) is 1.07. The molecule has 7 nitrogen and oxygen atoms in total. The third kappa shape index (κ3) is 4.01. The fourth-order valence-corrected chi connectivity index (χ4v) is 3.35. The lowest BCUT2D eigenvalue weighted by Gasteiger charge is -2.18. The van der Waals surface area contributed by atoms with E-state index in [0.29, 0.717) is 37.0 Å². The van der Waals surface area contributed by atoms with Gasteiger partial charge in [0.1, 0.15) is 19.8 Å². The molecule has 27 heavy (non-hydrogen) atoms. The standard InChI is InChI=1S/C19H17N3O4S/c23-18(20-11-14-2-1-9-27-14)12-22-19(24)6-4-15(21-22)13-3-5-16-17(10-13)26-8-7-25-16/h1-6,9-10H,7-8,11-12H2,(H,20,23). The largest absolute Gasteiger partial charge is 0.486 e. The zero-order valence-corrected chi connectivity index (χ0v) is 15.2. The van der Waals surface area contributed by atoms with Gasteiger partial charge < -0.3 is 14.8 Å². The van der Waals surface area contributed by atoms with E-state index in [2.05, 4.69) is 10.4 Å². The predicted molar refractivity (Wildman–Crippen MR) is 101 cm³/mol. The molecule has 0 spiro atoms. The van der Waals surface area contributed by atoms with E-state index in [1.54, 1.807) is 17.4 Å². The number of nitrogens with one attached hydrogen (secondary N) is 1. The van der Waals surface area contributed by atoms with E-state index in [4.69, 9.17) is 9.47 Å². The second-order valence-corrected chi connectivity index (χ2v) is 6.96. The smallest absolute Gasteiger partial charge is 0.267 e. The van der Waals surface area contributed by atoms with Gasteiger partial charge in [-0.1, -0.05) is 6.07 Å². The van der Waals surface area contributed by atoms with Crippen LogP contribution in [-0.4, -0.2) is 28.9 Å². The minimum Gasteiger partial charge on any atom is -0.486 e. The number of hydrogen-bond acceptors (Lipinski definition) is 6. The maximum absolute atomic E-state index is 12.2. The van der Waals surface area contributed by atoms with Crippen molar-refractivity contribution in [1.29, 1.82) is 0 Å². The molecule has 0 radical (unpaired) electrons. The van der Waals surface area contributed by atoms with E-state index in [9.17, 15) is 9.59 Å². The summed E-state index contributed by atoms with van der Waals surface area (Å²) >= 11 is 1.56. The normalized spacial score (nSPS) is 12.6. The van der Waals surface area contributed by atoms with Gasteiger partial charge in [0.2, 0.25) is 5.91 Å². The molecule has 0 saturated carbocycles. The number of nitrogens with zero attached hydrogens (tertiary/aromatic N) is 2. The number of benzene rings is 1. The minimum atomic E-state index is -0.331. The first kappa shape index (κ1) is 17.3. The van der Waals surface area contributed by atoms with Crippen molar-refractivity contribution in [3.05, 3.63) is 63.1 Å². The van der Waals surface area contributed by atoms with Crippen LogP contribution in [0.1, 0.15) is 4.88 Å². The second kappa shape index (κ2) is 7.63. The van der Waals surface area contributed by atoms with Gasteiger partial charge in [-0.2, -0.15) is 5.10 Å². The van der Waals surface area contributed by atoms with E-state index in [0.717, 1.165) is 15.1 Å². The zero-order chi connectivity index (χ0) is 18.6. The van der Waals surface area contributed by atoms with Crippen molar-refractivity contribution in [3.63, 3.8) is 0 Å². The van der Waals surface area contributed by atoms with Crippen LogP contribution < -0.4 is 20.3 Å². The van der Waals surface area contributed by atoms with E-state index in [1.807, 2.05) is 35.7 Å². The highest BCUT2D eigenvalue weighted by molar-refractivity contribution is 7.09. The molecule has 0 unspecified atom stereocenters. The third-order valence-corrected chi connectivity index (χ3v) is 4.91. The minimum absolute atomic E-state index is 0.136. The van der Waals surface area contributed by atoms with Gasteiger partial charge in [0, 0.05) is 16.5 Å². The van der Waals surface area contributed by atoms with Crippen molar-refractivity contribution < 1.29 is 14.3 Å². The summed E-state index contributed by atoms with van der Waals surface area (Å²) in [6, 6.07) is 12.4. The Kier molecular flexibility index (Phi) is 4.88. The Bertz CT molecular complexity index is 1010. The number of thiophene rings is 1. The number of ether oxygens (including phenoxy) is 2. The SMILES string of the molecule is O=C(Cn1nc(-c2ccc3c(c2)OCCO3)ccc1=O)NCc1cccs1. The first-order valence-corrected chi connectivity index (χ1v) is 9.34. The number of aromatic nitrogens is 2. The molecular weight excluding hydrogens is 366 g/mol. The second-order valence-electron chi connectivity index (χ2n) is 5.93. The van der Waals surface area contributed by atoms with Crippen LogP contribution in [-0.2, 0) is 17.9 Å². The molecule has 1 amide bonds. The highest BCUT2D eigenvalue weighted by atomic mass is 32.1. The Labute approximate surface area is 159 Å². The van der Waals surface area contributed by atoms with Gasteiger partial charge in [0.15, 0.2) is 11.5 Å². The lowest BCUT2D eigenvalue weighted by molar-refractivity contribution is -0.122. The van der Waals surface area contributed by atoms with Gasteiger partial charge in [-0.05, 0) is 35.7 Å². The molecule has 0 aliphatic carbocycles. The van der Waals surface area contributed by atoms with E-state index < -0.39 is 0 Å². The Hall–Kier alpha value is -3.13. The zero-order valence-electron chi connectivity index (χ0n) is 14.4. The first-order valence-electron chi connectivity index (χ1n) is 8.46. The molecule has 1 aliphatic rings. The summed E-state index contributed by atoms with van der Waals surface area (Å²) in [7, 11) is 0. The summed E-state index contributed by atoms with van der Waals surface area (Å²) in [6.07, 6.45) is 0. The maximum Gasteiger partial charge on any atom is 0.267 e. The molecule has 1 aromatic carbocycles. The van der Waals surface area contributed by atoms with E-state index in [-0.39, 0.29) is 18.0 Å². The van der Waals surface area contributed by atoms with Crippen LogP contribution in [0.15, 0.2) is 52.6 Å². The molecule has 0 bridgehead atoms. The Balaban J connectivity index is 1.51. The van der Waals surface area contributed by atoms with Gasteiger partial charge in [-0.3, -0.25) is 9.59 Å². The van der Waals surface area contributed by atoms with Gasteiger partial charge >= 0.3 is 0 Å². The molecule has 2 aromatic heterocycles. The molecule has 3 heterocycles. The van der Waals surface area contributed by atoms with E-state index >= 15 is 0 Å². The monoisotopic (exact) mass is 383 g/mol. The van der Waals surface area contributed by atoms with Crippen LogP contribution in [0, 0.1) is 0 Å². The molecule has 4 rings (SSSR count). The predicted octanol–water partition coefficient (Wildman–Crippen LogP) is 2.06. The molecule has 0 saturated heterocycles. The van der Waals surface area contributed by atoms with Crippen LogP contribution in [0.4, 0.5) is 0 Å². The molecule has 1 aliphatic heterocycles. The number of fused-ring (bicyclic) bond motifs is 1. The summed E-state index contributed by atoms with van der Waals surface area (Å²) < 4.78 is 12.3. The number of carbonyl (C=O) groups is 1. The van der Waals surface area contributed by atoms with Gasteiger partial charge in [0.05, 0.1) is 12.2 Å². The van der Waals surface area contributed by atoms with Gasteiger partial charge in [-0.15, -0.1) is 11.3 Å². The van der Waals surface area contributed by atoms with Crippen molar-refractivity contribution in [2.75, 3.05) is 13.2 Å². The van der Waals surface area contributed by atoms with E-state index in [1.165, 1.54) is 6.07 Å². The highest BCUT2D eigenvalue weighted by Crippen LogP contribution is 2.33. The van der Waals surface area contributed by atoms with Crippen molar-refractivity contribution in [3.8, 4) is 22.8 Å². The van der Waals surface area contributed by atoms with Crippen LogP contribution in [0.25, 0.3) is 11.3 Å². The quantitative estimate of drug-likeness (QED) is 0.729. The first-order chi connectivity index (χ1) is 13.2. The lowest BCUT2D eigenvalue weighted by Crippen LogP contribution is -2.33. The van der Waals surface area contributed by atoms with Crippen molar-refractivity contribution in [1.82, 2.24) is 15.1 Å². The van der Waals surface area contributed by atoms with Crippen LogP contribution in [0.2, 0.25) is 0 Å². The Morgan fingerprint density at radius 2 is 2.00 bits per heavy atom. The van der Waals surface area contributed by atoms with Crippen molar-refractivity contribution in [2.24, 2.45) is 0 Å². The number of rotatable bonds is 5. The maximum atomic E-state index is 12.2. The lowest BCUT2D eigenvalue weighted by atomic mass is 10.1. The third-order valence-electron chi connectivity index (χ3n) is 4.04. The summed E-state index contributed by atoms with van der Waals surface area (Å²) in [6.45, 7) is 1.32. The Morgan fingerprint density at radius 3 is 2.81 bits per heavy atom. The van der Waals surface area contributed by atoms with Crippen LogP contribution >= 0.6 is 11.3 Å². The molecular formula is C19H17N3O4S. The highest BCUT2D eigenvalue weighted by Gasteiger charge is 2.14. The summed E-state index contributed by atoms with van der Waals surface area (Å²) in [5.41, 5.74) is 1.03. The molecule has 0 atom stereocenters.